The Hall–Kier alpha value is 0.130. The van der Waals surface area contributed by atoms with Crippen LogP contribution in [-0.4, -0.2) is 29.0 Å². The molecule has 1 aromatic heterocycles. The standard InChI is InChI=1S/C14H25N3S.2ClH/c1-5-13-14(18-10(4)16-13)8-17-6-11(9(2)3)12(15)7-17;;/h9,11-12H,5-8,15H2,1-4H3;2*1H/t11-,12+;;/m1../s1. The van der Waals surface area contributed by atoms with Gasteiger partial charge in [-0.2, -0.15) is 0 Å². The van der Waals surface area contributed by atoms with Crippen molar-refractivity contribution in [2.45, 2.75) is 46.7 Å². The van der Waals surface area contributed by atoms with Gasteiger partial charge in [-0.15, -0.1) is 36.2 Å². The summed E-state index contributed by atoms with van der Waals surface area (Å²) in [5, 5.41) is 1.19. The fourth-order valence-corrected chi connectivity index (χ4v) is 3.96. The molecule has 0 radical (unpaired) electrons. The van der Waals surface area contributed by atoms with E-state index < -0.39 is 0 Å². The molecular formula is C14H27Cl2N3S. The maximum Gasteiger partial charge on any atom is 0.0900 e. The van der Waals surface area contributed by atoms with Gasteiger partial charge in [0.15, 0.2) is 0 Å². The Balaban J connectivity index is 0.00000180. The number of aryl methyl sites for hydroxylation is 2. The molecule has 1 saturated heterocycles. The summed E-state index contributed by atoms with van der Waals surface area (Å²) in [6.45, 7) is 12.0. The van der Waals surface area contributed by atoms with Gasteiger partial charge in [-0.05, 0) is 25.2 Å². The summed E-state index contributed by atoms with van der Waals surface area (Å²) in [7, 11) is 0. The highest BCUT2D eigenvalue weighted by Crippen LogP contribution is 2.27. The molecule has 0 aromatic carbocycles. The molecule has 1 aromatic rings. The minimum absolute atomic E-state index is 0. The first-order valence-corrected chi connectivity index (χ1v) is 7.76. The monoisotopic (exact) mass is 339 g/mol. The number of aromatic nitrogens is 1. The Morgan fingerprint density at radius 1 is 1.35 bits per heavy atom. The maximum absolute atomic E-state index is 6.25. The van der Waals surface area contributed by atoms with Crippen LogP contribution in [0.4, 0.5) is 0 Å². The van der Waals surface area contributed by atoms with Crippen LogP contribution in [-0.2, 0) is 13.0 Å². The number of rotatable bonds is 4. The Morgan fingerprint density at radius 3 is 2.50 bits per heavy atom. The molecule has 20 heavy (non-hydrogen) atoms. The van der Waals surface area contributed by atoms with Crippen molar-refractivity contribution in [2.75, 3.05) is 13.1 Å². The van der Waals surface area contributed by atoms with Crippen LogP contribution >= 0.6 is 36.2 Å². The second kappa shape index (κ2) is 8.54. The molecule has 1 fully saturated rings. The van der Waals surface area contributed by atoms with Gasteiger partial charge in [0.1, 0.15) is 0 Å². The maximum atomic E-state index is 6.25. The van der Waals surface area contributed by atoms with Crippen LogP contribution < -0.4 is 5.73 Å². The third kappa shape index (κ3) is 4.57. The van der Waals surface area contributed by atoms with Gasteiger partial charge in [0.25, 0.3) is 0 Å². The molecule has 2 heterocycles. The molecule has 0 amide bonds. The lowest BCUT2D eigenvalue weighted by Crippen LogP contribution is -2.32. The first-order chi connectivity index (χ1) is 8.51. The lowest BCUT2D eigenvalue weighted by molar-refractivity contribution is 0.297. The zero-order valence-electron chi connectivity index (χ0n) is 12.8. The summed E-state index contributed by atoms with van der Waals surface area (Å²) in [4.78, 5) is 8.54. The van der Waals surface area contributed by atoms with Crippen molar-refractivity contribution in [2.24, 2.45) is 17.6 Å². The summed E-state index contributed by atoms with van der Waals surface area (Å²) in [6, 6.07) is 0.337. The van der Waals surface area contributed by atoms with Crippen LogP contribution in [0.15, 0.2) is 0 Å². The average Bonchev–Trinajstić information content (AvgIpc) is 2.82. The molecule has 1 aliphatic rings. The zero-order chi connectivity index (χ0) is 13.3. The molecule has 1 aliphatic heterocycles. The van der Waals surface area contributed by atoms with Crippen LogP contribution in [0.5, 0.6) is 0 Å². The topological polar surface area (TPSA) is 42.2 Å². The normalized spacial score (nSPS) is 22.7. The largest absolute Gasteiger partial charge is 0.326 e. The van der Waals surface area contributed by atoms with Crippen molar-refractivity contribution in [1.82, 2.24) is 9.88 Å². The molecule has 0 bridgehead atoms. The first kappa shape index (κ1) is 20.1. The van der Waals surface area contributed by atoms with Crippen molar-refractivity contribution in [3.8, 4) is 0 Å². The second-order valence-corrected chi connectivity index (χ2v) is 7.01. The predicted octanol–water partition coefficient (Wildman–Crippen LogP) is 3.27. The van der Waals surface area contributed by atoms with Crippen LogP contribution in [0.2, 0.25) is 0 Å². The number of hydrogen-bond acceptors (Lipinski definition) is 4. The third-order valence-electron chi connectivity index (χ3n) is 3.93. The van der Waals surface area contributed by atoms with Gasteiger partial charge in [-0.25, -0.2) is 4.98 Å². The van der Waals surface area contributed by atoms with Gasteiger partial charge in [-0.1, -0.05) is 20.8 Å². The van der Waals surface area contributed by atoms with E-state index in [9.17, 15) is 0 Å². The fraction of sp³-hybridized carbons (Fsp3) is 0.786. The lowest BCUT2D eigenvalue weighted by atomic mass is 9.92. The van der Waals surface area contributed by atoms with E-state index in [1.54, 1.807) is 0 Å². The third-order valence-corrected chi connectivity index (χ3v) is 4.93. The van der Waals surface area contributed by atoms with E-state index in [-0.39, 0.29) is 24.8 Å². The summed E-state index contributed by atoms with van der Waals surface area (Å²) in [6.07, 6.45) is 1.03. The highest BCUT2D eigenvalue weighted by molar-refractivity contribution is 7.11. The van der Waals surface area contributed by atoms with E-state index in [1.807, 2.05) is 11.3 Å². The predicted molar refractivity (Wildman–Crippen MR) is 92.3 cm³/mol. The smallest absolute Gasteiger partial charge is 0.0900 e. The van der Waals surface area contributed by atoms with Crippen molar-refractivity contribution in [3.63, 3.8) is 0 Å². The highest BCUT2D eigenvalue weighted by Gasteiger charge is 2.32. The molecular weight excluding hydrogens is 313 g/mol. The second-order valence-electron chi connectivity index (χ2n) is 5.72. The molecule has 0 saturated carbocycles. The Bertz CT molecular complexity index is 409. The Labute approximate surface area is 139 Å². The number of nitrogens with two attached hydrogens (primary N) is 1. The number of thiazole rings is 1. The molecule has 118 valence electrons. The Kier molecular flexibility index (Phi) is 8.60. The summed E-state index contributed by atoms with van der Waals surface area (Å²) < 4.78 is 0. The summed E-state index contributed by atoms with van der Waals surface area (Å²) in [5.74, 6) is 1.32. The number of halogens is 2. The number of hydrogen-bond donors (Lipinski definition) is 1. The van der Waals surface area contributed by atoms with E-state index in [0.29, 0.717) is 17.9 Å². The quantitative estimate of drug-likeness (QED) is 0.915. The van der Waals surface area contributed by atoms with Crippen LogP contribution in [0, 0.1) is 18.8 Å². The molecule has 2 N–H and O–H groups in total. The van der Waals surface area contributed by atoms with E-state index in [2.05, 4.69) is 37.6 Å². The van der Waals surface area contributed by atoms with Gasteiger partial charge in [-0.3, -0.25) is 4.90 Å². The van der Waals surface area contributed by atoms with Gasteiger partial charge in [0, 0.05) is 30.6 Å². The highest BCUT2D eigenvalue weighted by atomic mass is 35.5. The van der Waals surface area contributed by atoms with Crippen molar-refractivity contribution < 1.29 is 0 Å². The SMILES string of the molecule is CCc1nc(C)sc1CN1C[C@H](C(C)C)[C@@H](N)C1.Cl.Cl. The van der Waals surface area contributed by atoms with Crippen molar-refractivity contribution in [1.29, 1.82) is 0 Å². The number of likely N-dealkylation sites (tertiary alicyclic amines) is 1. The van der Waals surface area contributed by atoms with Crippen LogP contribution in [0.3, 0.4) is 0 Å². The molecule has 6 heteroatoms. The van der Waals surface area contributed by atoms with Crippen molar-refractivity contribution in [3.05, 3.63) is 15.6 Å². The van der Waals surface area contributed by atoms with Crippen LogP contribution in [0.1, 0.15) is 36.3 Å². The molecule has 0 spiro atoms. The lowest BCUT2D eigenvalue weighted by Gasteiger charge is -2.18. The van der Waals surface area contributed by atoms with Gasteiger partial charge >= 0.3 is 0 Å². The summed E-state index contributed by atoms with van der Waals surface area (Å²) in [5.41, 5.74) is 7.52. The molecule has 3 nitrogen and oxygen atoms in total. The fourth-order valence-electron chi connectivity index (χ4n) is 2.89. The van der Waals surface area contributed by atoms with Gasteiger partial charge in [0.2, 0.25) is 0 Å². The minimum Gasteiger partial charge on any atom is -0.326 e. The van der Waals surface area contributed by atoms with Crippen LogP contribution in [0.25, 0.3) is 0 Å². The number of nitrogens with zero attached hydrogens (tertiary/aromatic N) is 2. The van der Waals surface area contributed by atoms with E-state index >= 15 is 0 Å². The van der Waals surface area contributed by atoms with Crippen molar-refractivity contribution >= 4 is 36.2 Å². The Morgan fingerprint density at radius 2 is 2.00 bits per heavy atom. The summed E-state index contributed by atoms with van der Waals surface area (Å²) >= 11 is 1.84. The molecule has 0 aliphatic carbocycles. The first-order valence-electron chi connectivity index (χ1n) is 6.94. The zero-order valence-corrected chi connectivity index (χ0v) is 15.2. The molecule has 0 unspecified atom stereocenters. The average molecular weight is 340 g/mol. The van der Waals surface area contributed by atoms with E-state index in [0.717, 1.165) is 26.1 Å². The van der Waals surface area contributed by atoms with E-state index in [1.165, 1.54) is 15.6 Å². The molecule has 2 atom stereocenters. The molecule has 2 rings (SSSR count). The van der Waals surface area contributed by atoms with Gasteiger partial charge in [0.05, 0.1) is 10.7 Å². The van der Waals surface area contributed by atoms with Gasteiger partial charge < -0.3 is 5.73 Å². The van der Waals surface area contributed by atoms with E-state index in [4.69, 9.17) is 5.73 Å². The minimum atomic E-state index is 0.